The summed E-state index contributed by atoms with van der Waals surface area (Å²) in [5.74, 6) is 0. The van der Waals surface area contributed by atoms with Crippen LogP contribution in [-0.2, 0) is 0 Å². The number of hydrogen-bond donors (Lipinski definition) is 0. The van der Waals surface area contributed by atoms with Crippen molar-refractivity contribution < 1.29 is 4.92 Å². The Balaban J connectivity index is 2.33. The smallest absolute Gasteiger partial charge is 0.219 e. The van der Waals surface area contributed by atoms with Crippen LogP contribution < -0.4 is 0 Å². The monoisotopic (exact) mass is 144 g/mol. The number of nitro groups is 1. The van der Waals surface area contributed by atoms with Crippen LogP contribution in [0.15, 0.2) is 0 Å². The van der Waals surface area contributed by atoms with Crippen molar-refractivity contribution in [3.05, 3.63) is 10.1 Å². The van der Waals surface area contributed by atoms with Crippen LogP contribution in [0, 0.1) is 10.1 Å². The highest BCUT2D eigenvalue weighted by molar-refractivity contribution is 4.74. The maximum atomic E-state index is 10.1. The lowest BCUT2D eigenvalue weighted by atomic mass is 10.2. The summed E-state index contributed by atoms with van der Waals surface area (Å²) < 4.78 is 0. The zero-order valence-electron chi connectivity index (χ0n) is 6.12. The third-order valence-electron chi connectivity index (χ3n) is 2.03. The molecule has 58 valence electrons. The van der Waals surface area contributed by atoms with E-state index >= 15 is 0 Å². The van der Waals surface area contributed by atoms with Gasteiger partial charge in [-0.2, -0.15) is 0 Å². The van der Waals surface area contributed by atoms with Crippen LogP contribution >= 0.6 is 0 Å². The molecule has 4 heteroatoms. The first-order valence-electron chi connectivity index (χ1n) is 3.52. The van der Waals surface area contributed by atoms with Crippen molar-refractivity contribution in [2.45, 2.75) is 18.9 Å². The zero-order valence-corrected chi connectivity index (χ0v) is 6.12. The standard InChI is InChI=1S/C6H12N2O2/c1-7-4-2-3-6(7)5-8(9)10/h6H,2-5H2,1H3. The SMILES string of the molecule is CN1CCCC1C[N+](=O)[O-]. The summed E-state index contributed by atoms with van der Waals surface area (Å²) in [4.78, 5) is 11.9. The molecule has 0 aliphatic carbocycles. The minimum absolute atomic E-state index is 0.108. The second-order valence-electron chi connectivity index (χ2n) is 2.79. The molecule has 0 amide bonds. The maximum Gasteiger partial charge on any atom is 0.219 e. The first kappa shape index (κ1) is 7.47. The van der Waals surface area contributed by atoms with E-state index < -0.39 is 0 Å². The summed E-state index contributed by atoms with van der Waals surface area (Å²) in [7, 11) is 1.95. The van der Waals surface area contributed by atoms with Crippen molar-refractivity contribution >= 4 is 0 Å². The molecule has 0 saturated carbocycles. The molecule has 0 radical (unpaired) electrons. The molecular weight excluding hydrogens is 132 g/mol. The van der Waals surface area contributed by atoms with E-state index in [-0.39, 0.29) is 17.5 Å². The minimum atomic E-state index is -0.230. The van der Waals surface area contributed by atoms with E-state index in [2.05, 4.69) is 4.90 Å². The Morgan fingerprint density at radius 3 is 2.90 bits per heavy atom. The van der Waals surface area contributed by atoms with Gasteiger partial charge in [-0.1, -0.05) is 0 Å². The molecule has 0 spiro atoms. The van der Waals surface area contributed by atoms with E-state index in [0.29, 0.717) is 0 Å². The molecule has 1 fully saturated rings. The highest BCUT2D eigenvalue weighted by atomic mass is 16.6. The van der Waals surface area contributed by atoms with E-state index in [1.165, 1.54) is 0 Å². The number of hydrogen-bond acceptors (Lipinski definition) is 3. The fraction of sp³-hybridized carbons (Fsp3) is 1.00. The number of likely N-dealkylation sites (tertiary alicyclic amines) is 1. The average Bonchev–Trinajstić information content (AvgIpc) is 2.15. The summed E-state index contributed by atoms with van der Waals surface area (Å²) in [6.07, 6.45) is 2.09. The van der Waals surface area contributed by atoms with Gasteiger partial charge >= 0.3 is 0 Å². The lowest BCUT2D eigenvalue weighted by Gasteiger charge is -2.13. The Bertz CT molecular complexity index is 138. The summed E-state index contributed by atoms with van der Waals surface area (Å²) in [5, 5.41) is 10.1. The van der Waals surface area contributed by atoms with Crippen molar-refractivity contribution in [2.24, 2.45) is 0 Å². The molecule has 0 aromatic heterocycles. The Morgan fingerprint density at radius 1 is 1.80 bits per heavy atom. The van der Waals surface area contributed by atoms with Gasteiger partial charge in [0.2, 0.25) is 6.54 Å². The molecule has 0 N–H and O–H groups in total. The molecule has 10 heavy (non-hydrogen) atoms. The highest BCUT2D eigenvalue weighted by Gasteiger charge is 2.24. The van der Waals surface area contributed by atoms with Gasteiger partial charge in [0.15, 0.2) is 0 Å². The quantitative estimate of drug-likeness (QED) is 0.415. The molecule has 1 saturated heterocycles. The first-order chi connectivity index (χ1) is 4.70. The van der Waals surface area contributed by atoms with Crippen molar-refractivity contribution in [2.75, 3.05) is 20.1 Å². The lowest BCUT2D eigenvalue weighted by molar-refractivity contribution is -0.485. The molecule has 4 nitrogen and oxygen atoms in total. The number of likely N-dealkylation sites (N-methyl/N-ethyl adjacent to an activating group) is 1. The normalized spacial score (nSPS) is 27.1. The van der Waals surface area contributed by atoms with Crippen molar-refractivity contribution in [3.8, 4) is 0 Å². The summed E-state index contributed by atoms with van der Waals surface area (Å²) in [6, 6.07) is 0.190. The van der Waals surface area contributed by atoms with Gasteiger partial charge in [0, 0.05) is 4.92 Å². The van der Waals surface area contributed by atoms with Gasteiger partial charge in [0.05, 0.1) is 6.04 Å². The van der Waals surface area contributed by atoms with Crippen LogP contribution in [0.2, 0.25) is 0 Å². The third kappa shape index (κ3) is 1.67. The zero-order chi connectivity index (χ0) is 7.56. The molecular formula is C6H12N2O2. The summed E-state index contributed by atoms with van der Waals surface area (Å²) in [5.41, 5.74) is 0. The summed E-state index contributed by atoms with van der Waals surface area (Å²) in [6.45, 7) is 1.12. The van der Waals surface area contributed by atoms with Gasteiger partial charge in [-0.25, -0.2) is 0 Å². The van der Waals surface area contributed by atoms with Crippen LogP contribution in [0.25, 0.3) is 0 Å². The van der Waals surface area contributed by atoms with Gasteiger partial charge in [-0.15, -0.1) is 0 Å². The topological polar surface area (TPSA) is 46.4 Å². The van der Waals surface area contributed by atoms with Gasteiger partial charge < -0.3 is 0 Å². The predicted octanol–water partition coefficient (Wildman–Crippen LogP) is 0.357. The first-order valence-corrected chi connectivity index (χ1v) is 3.52. The molecule has 0 aromatic rings. The Kier molecular flexibility index (Phi) is 2.21. The molecule has 1 atom stereocenters. The maximum absolute atomic E-state index is 10.1. The van der Waals surface area contributed by atoms with E-state index in [1.807, 2.05) is 7.05 Å². The molecule has 1 aliphatic rings. The van der Waals surface area contributed by atoms with Crippen LogP contribution in [0.4, 0.5) is 0 Å². The van der Waals surface area contributed by atoms with Gasteiger partial charge in [-0.3, -0.25) is 15.0 Å². The molecule has 1 unspecified atom stereocenters. The minimum Gasteiger partial charge on any atom is -0.297 e. The van der Waals surface area contributed by atoms with Gasteiger partial charge in [-0.05, 0) is 26.4 Å². The van der Waals surface area contributed by atoms with Gasteiger partial charge in [0.25, 0.3) is 0 Å². The van der Waals surface area contributed by atoms with Crippen molar-refractivity contribution in [1.82, 2.24) is 4.90 Å². The second-order valence-corrected chi connectivity index (χ2v) is 2.79. The second kappa shape index (κ2) is 2.96. The molecule has 1 aliphatic heterocycles. The van der Waals surface area contributed by atoms with E-state index in [9.17, 15) is 10.1 Å². The molecule has 0 bridgehead atoms. The average molecular weight is 144 g/mol. The largest absolute Gasteiger partial charge is 0.297 e. The third-order valence-corrected chi connectivity index (χ3v) is 2.03. The van der Waals surface area contributed by atoms with Crippen LogP contribution in [0.1, 0.15) is 12.8 Å². The van der Waals surface area contributed by atoms with Crippen molar-refractivity contribution in [1.29, 1.82) is 0 Å². The lowest BCUT2D eigenvalue weighted by Crippen LogP contribution is -2.31. The predicted molar refractivity (Wildman–Crippen MR) is 37.5 cm³/mol. The Hall–Kier alpha value is -0.640. The summed E-state index contributed by atoms with van der Waals surface area (Å²) >= 11 is 0. The molecule has 1 heterocycles. The van der Waals surface area contributed by atoms with Crippen LogP contribution in [0.5, 0.6) is 0 Å². The number of rotatable bonds is 2. The van der Waals surface area contributed by atoms with Crippen molar-refractivity contribution in [3.63, 3.8) is 0 Å². The van der Waals surface area contributed by atoms with Crippen LogP contribution in [-0.4, -0.2) is 36.0 Å². The Labute approximate surface area is 60.0 Å². The fourth-order valence-corrected chi connectivity index (χ4v) is 1.38. The Morgan fingerprint density at radius 2 is 2.50 bits per heavy atom. The van der Waals surface area contributed by atoms with E-state index in [1.54, 1.807) is 0 Å². The van der Waals surface area contributed by atoms with E-state index in [0.717, 1.165) is 19.4 Å². The molecule has 1 rings (SSSR count). The van der Waals surface area contributed by atoms with E-state index in [4.69, 9.17) is 0 Å². The number of nitrogens with zero attached hydrogens (tertiary/aromatic N) is 2. The van der Waals surface area contributed by atoms with Crippen LogP contribution in [0.3, 0.4) is 0 Å². The highest BCUT2D eigenvalue weighted by Crippen LogP contribution is 2.13. The van der Waals surface area contributed by atoms with Gasteiger partial charge in [0.1, 0.15) is 0 Å². The molecule has 0 aromatic carbocycles. The fourth-order valence-electron chi connectivity index (χ4n) is 1.38.